The van der Waals surface area contributed by atoms with Gasteiger partial charge in [0.25, 0.3) is 0 Å². The number of nitrogens with zero attached hydrogens (tertiary/aromatic N) is 1. The largest absolute Gasteiger partial charge is 0.326 e. The number of aromatic nitrogens is 2. The molecule has 0 aliphatic carbocycles. The maximum atomic E-state index is 11.3. The summed E-state index contributed by atoms with van der Waals surface area (Å²) < 4.78 is 0. The van der Waals surface area contributed by atoms with Crippen molar-refractivity contribution in [2.24, 2.45) is 5.73 Å². The van der Waals surface area contributed by atoms with Crippen molar-refractivity contribution in [2.45, 2.75) is 6.54 Å². The first-order chi connectivity index (χ1) is 9.28. The molecule has 19 heavy (non-hydrogen) atoms. The van der Waals surface area contributed by atoms with Gasteiger partial charge in [0.15, 0.2) is 0 Å². The van der Waals surface area contributed by atoms with Crippen LogP contribution < -0.4 is 11.3 Å². The molecule has 0 aliphatic rings. The number of fused-ring (bicyclic) bond motifs is 1. The van der Waals surface area contributed by atoms with E-state index in [1.165, 1.54) is 6.07 Å². The Bertz CT molecular complexity index is 775. The molecule has 0 bridgehead atoms. The van der Waals surface area contributed by atoms with Crippen LogP contribution >= 0.6 is 0 Å². The molecule has 3 rings (SSSR count). The molecule has 0 aliphatic heterocycles. The molecule has 3 aromatic rings. The van der Waals surface area contributed by atoms with Crippen LogP contribution in [-0.4, -0.2) is 9.97 Å². The molecule has 2 aromatic heterocycles. The Morgan fingerprint density at radius 3 is 2.58 bits per heavy atom. The van der Waals surface area contributed by atoms with Gasteiger partial charge in [-0.3, -0.25) is 4.79 Å². The van der Waals surface area contributed by atoms with E-state index in [4.69, 9.17) is 5.73 Å². The third-order valence-corrected chi connectivity index (χ3v) is 3.13. The smallest absolute Gasteiger partial charge is 0.249 e. The lowest BCUT2D eigenvalue weighted by atomic mass is 10.0. The average Bonchev–Trinajstić information content (AvgIpc) is 2.46. The molecule has 3 N–H and O–H groups in total. The molecular formula is C15H13N3O. The van der Waals surface area contributed by atoms with Crippen molar-refractivity contribution < 1.29 is 0 Å². The molecule has 4 heteroatoms. The number of nitrogens with two attached hydrogens (primary N) is 1. The summed E-state index contributed by atoms with van der Waals surface area (Å²) in [5, 5.41) is 0.933. The highest BCUT2D eigenvalue weighted by Gasteiger charge is 2.05. The van der Waals surface area contributed by atoms with Gasteiger partial charge in [-0.15, -0.1) is 0 Å². The van der Waals surface area contributed by atoms with E-state index in [0.29, 0.717) is 12.2 Å². The number of hydrogen-bond donors (Lipinski definition) is 2. The summed E-state index contributed by atoms with van der Waals surface area (Å²) in [6, 6.07) is 13.3. The second-order valence-electron chi connectivity index (χ2n) is 4.34. The number of aromatic amines is 1. The lowest BCUT2D eigenvalue weighted by molar-refractivity contribution is 1.07. The van der Waals surface area contributed by atoms with E-state index < -0.39 is 0 Å². The Morgan fingerprint density at radius 2 is 1.84 bits per heavy atom. The SMILES string of the molecule is NCc1ccc(-c2ccnc3[nH]c(=O)ccc23)cc1. The summed E-state index contributed by atoms with van der Waals surface area (Å²) in [7, 11) is 0. The first-order valence-corrected chi connectivity index (χ1v) is 6.05. The zero-order valence-corrected chi connectivity index (χ0v) is 10.3. The van der Waals surface area contributed by atoms with Gasteiger partial charge in [0.2, 0.25) is 5.56 Å². The fourth-order valence-corrected chi connectivity index (χ4v) is 2.13. The van der Waals surface area contributed by atoms with Gasteiger partial charge in [0.1, 0.15) is 5.65 Å². The van der Waals surface area contributed by atoms with E-state index in [1.807, 2.05) is 30.3 Å². The second-order valence-corrected chi connectivity index (χ2v) is 4.34. The van der Waals surface area contributed by atoms with Crippen molar-refractivity contribution in [2.75, 3.05) is 0 Å². The lowest BCUT2D eigenvalue weighted by Crippen LogP contribution is -2.03. The normalized spacial score (nSPS) is 10.8. The van der Waals surface area contributed by atoms with Crippen LogP contribution in [0.1, 0.15) is 5.56 Å². The number of nitrogens with one attached hydrogen (secondary N) is 1. The fourth-order valence-electron chi connectivity index (χ4n) is 2.13. The topological polar surface area (TPSA) is 71.8 Å². The van der Waals surface area contributed by atoms with Crippen molar-refractivity contribution in [1.29, 1.82) is 0 Å². The van der Waals surface area contributed by atoms with E-state index in [1.54, 1.807) is 12.3 Å². The van der Waals surface area contributed by atoms with E-state index in [-0.39, 0.29) is 5.56 Å². The highest BCUT2D eigenvalue weighted by atomic mass is 16.1. The standard InChI is InChI=1S/C15H13N3O/c16-9-10-1-3-11(4-2-10)12-7-8-17-15-13(12)5-6-14(19)18-15/h1-8H,9,16H2,(H,17,18,19). The summed E-state index contributed by atoms with van der Waals surface area (Å²) in [4.78, 5) is 18.2. The predicted molar refractivity (Wildman–Crippen MR) is 75.7 cm³/mol. The van der Waals surface area contributed by atoms with Gasteiger partial charge < -0.3 is 10.7 Å². The second kappa shape index (κ2) is 4.66. The van der Waals surface area contributed by atoms with Crippen molar-refractivity contribution in [1.82, 2.24) is 9.97 Å². The molecule has 0 radical (unpaired) electrons. The monoisotopic (exact) mass is 251 g/mol. The van der Waals surface area contributed by atoms with Gasteiger partial charge in [-0.05, 0) is 28.8 Å². The van der Waals surface area contributed by atoms with Gasteiger partial charge in [-0.1, -0.05) is 24.3 Å². The number of pyridine rings is 2. The molecule has 1 aromatic carbocycles. The average molecular weight is 251 g/mol. The summed E-state index contributed by atoms with van der Waals surface area (Å²) in [6.45, 7) is 0.532. The maximum Gasteiger partial charge on any atom is 0.249 e. The molecule has 0 spiro atoms. The van der Waals surface area contributed by atoms with Crippen LogP contribution in [0.25, 0.3) is 22.2 Å². The molecule has 2 heterocycles. The molecule has 0 unspecified atom stereocenters. The first kappa shape index (κ1) is 11.6. The van der Waals surface area contributed by atoms with Crippen LogP contribution in [0.5, 0.6) is 0 Å². The maximum absolute atomic E-state index is 11.3. The highest BCUT2D eigenvalue weighted by Crippen LogP contribution is 2.25. The van der Waals surface area contributed by atoms with Crippen LogP contribution in [0.3, 0.4) is 0 Å². The highest BCUT2D eigenvalue weighted by molar-refractivity contribution is 5.92. The summed E-state index contributed by atoms with van der Waals surface area (Å²) in [6.07, 6.45) is 1.70. The lowest BCUT2D eigenvalue weighted by Gasteiger charge is -2.06. The van der Waals surface area contributed by atoms with E-state index in [9.17, 15) is 4.79 Å². The van der Waals surface area contributed by atoms with Crippen molar-refractivity contribution in [3.63, 3.8) is 0 Å². The molecule has 0 saturated heterocycles. The van der Waals surface area contributed by atoms with Crippen LogP contribution in [-0.2, 0) is 6.54 Å². The minimum Gasteiger partial charge on any atom is -0.326 e. The van der Waals surface area contributed by atoms with Crippen molar-refractivity contribution in [3.05, 3.63) is 64.6 Å². The van der Waals surface area contributed by atoms with Crippen LogP contribution in [0.2, 0.25) is 0 Å². The Labute approximate surface area is 109 Å². The van der Waals surface area contributed by atoms with Gasteiger partial charge >= 0.3 is 0 Å². The number of H-pyrrole nitrogens is 1. The Hall–Kier alpha value is -2.46. The number of hydrogen-bond acceptors (Lipinski definition) is 3. The third kappa shape index (κ3) is 2.13. The Morgan fingerprint density at radius 1 is 1.05 bits per heavy atom. The molecular weight excluding hydrogens is 238 g/mol. The molecule has 4 nitrogen and oxygen atoms in total. The van der Waals surface area contributed by atoms with Crippen molar-refractivity contribution >= 4 is 11.0 Å². The summed E-state index contributed by atoms with van der Waals surface area (Å²) in [5.41, 5.74) is 9.28. The van der Waals surface area contributed by atoms with Crippen molar-refractivity contribution in [3.8, 4) is 11.1 Å². The van der Waals surface area contributed by atoms with E-state index in [0.717, 1.165) is 22.1 Å². The predicted octanol–water partition coefficient (Wildman–Crippen LogP) is 2.05. The zero-order valence-electron chi connectivity index (χ0n) is 10.3. The summed E-state index contributed by atoms with van der Waals surface area (Å²) in [5.74, 6) is 0. The molecule has 0 amide bonds. The van der Waals surface area contributed by atoms with Gasteiger partial charge in [-0.25, -0.2) is 4.98 Å². The number of benzene rings is 1. The van der Waals surface area contributed by atoms with E-state index in [2.05, 4.69) is 9.97 Å². The van der Waals surface area contributed by atoms with Crippen LogP contribution in [0.4, 0.5) is 0 Å². The molecule has 0 atom stereocenters. The van der Waals surface area contributed by atoms with E-state index >= 15 is 0 Å². The molecule has 0 fully saturated rings. The molecule has 0 saturated carbocycles. The Balaban J connectivity index is 2.21. The van der Waals surface area contributed by atoms with Gasteiger partial charge in [-0.2, -0.15) is 0 Å². The van der Waals surface area contributed by atoms with Crippen LogP contribution in [0.15, 0.2) is 53.5 Å². The first-order valence-electron chi connectivity index (χ1n) is 6.05. The van der Waals surface area contributed by atoms with Gasteiger partial charge in [0, 0.05) is 24.2 Å². The zero-order chi connectivity index (χ0) is 13.2. The fraction of sp³-hybridized carbons (Fsp3) is 0.0667. The minimum atomic E-state index is -0.143. The summed E-state index contributed by atoms with van der Waals surface area (Å²) >= 11 is 0. The Kier molecular flexibility index (Phi) is 2.85. The third-order valence-electron chi connectivity index (χ3n) is 3.13. The van der Waals surface area contributed by atoms with Crippen LogP contribution in [0, 0.1) is 0 Å². The quantitative estimate of drug-likeness (QED) is 0.732. The number of rotatable bonds is 2. The van der Waals surface area contributed by atoms with Gasteiger partial charge in [0.05, 0.1) is 0 Å². The minimum absolute atomic E-state index is 0.143. The molecule has 94 valence electrons.